The van der Waals surface area contributed by atoms with Crippen LogP contribution in [0.25, 0.3) is 10.8 Å². The number of benzene rings is 4. The molecule has 0 radical (unpaired) electrons. The van der Waals surface area contributed by atoms with Gasteiger partial charge in [0.25, 0.3) is 5.91 Å². The van der Waals surface area contributed by atoms with Gasteiger partial charge in [-0.25, -0.2) is 13.1 Å². The van der Waals surface area contributed by atoms with Crippen molar-refractivity contribution in [3.63, 3.8) is 0 Å². The molecule has 2 atom stereocenters. The molecule has 42 heavy (non-hydrogen) atoms. The highest BCUT2D eigenvalue weighted by atomic mass is 32.2. The van der Waals surface area contributed by atoms with Crippen molar-refractivity contribution in [2.24, 2.45) is 5.92 Å². The number of aryl methyl sites for hydroxylation is 1. The molecule has 1 aliphatic rings. The van der Waals surface area contributed by atoms with Crippen molar-refractivity contribution in [1.29, 1.82) is 0 Å². The Kier molecular flexibility index (Phi) is 9.01. The number of carbonyl (C=O) groups excluding carboxylic acids is 2. The lowest BCUT2D eigenvalue weighted by molar-refractivity contribution is -0.150. The zero-order valence-electron chi connectivity index (χ0n) is 23.7. The van der Waals surface area contributed by atoms with Gasteiger partial charge < -0.3 is 10.1 Å². The lowest BCUT2D eigenvalue weighted by atomic mass is 9.92. The van der Waals surface area contributed by atoms with Crippen LogP contribution in [0.15, 0.2) is 95.9 Å². The summed E-state index contributed by atoms with van der Waals surface area (Å²) in [5, 5.41) is 4.01. The summed E-state index contributed by atoms with van der Waals surface area (Å²) >= 11 is 0. The second kappa shape index (κ2) is 12.9. The van der Waals surface area contributed by atoms with Crippen molar-refractivity contribution in [2.75, 3.05) is 25.0 Å². The van der Waals surface area contributed by atoms with Crippen molar-refractivity contribution in [2.45, 2.75) is 37.8 Å². The second-order valence-electron chi connectivity index (χ2n) is 10.5. The fourth-order valence-electron chi connectivity index (χ4n) is 5.53. The predicted octanol–water partition coefficient (Wildman–Crippen LogP) is 5.13. The van der Waals surface area contributed by atoms with Gasteiger partial charge in [0.2, 0.25) is 10.0 Å². The third-order valence-corrected chi connectivity index (χ3v) is 9.20. The largest absolute Gasteiger partial charge is 0.466 e. The topological polar surface area (TPSA) is 105 Å². The zero-order valence-corrected chi connectivity index (χ0v) is 24.6. The molecule has 0 aliphatic carbocycles. The molecule has 1 heterocycles. The van der Waals surface area contributed by atoms with E-state index in [1.807, 2.05) is 49.4 Å². The highest BCUT2D eigenvalue weighted by Gasteiger charge is 2.38. The average molecular weight is 586 g/mol. The number of anilines is 1. The Balaban J connectivity index is 1.40. The molecule has 0 saturated carbocycles. The fourth-order valence-corrected chi connectivity index (χ4v) is 7.05. The number of ether oxygens (including phenoxy) is 1. The van der Waals surface area contributed by atoms with Gasteiger partial charge in [0.1, 0.15) is 0 Å². The van der Waals surface area contributed by atoms with Gasteiger partial charge in [0.15, 0.2) is 0 Å². The van der Waals surface area contributed by atoms with Crippen LogP contribution in [0.4, 0.5) is 5.69 Å². The molecule has 0 aromatic heterocycles. The number of nitrogens with zero attached hydrogens (tertiary/aromatic N) is 1. The number of hydrogen-bond acceptors (Lipinski definition) is 6. The van der Waals surface area contributed by atoms with E-state index in [9.17, 15) is 18.0 Å². The average Bonchev–Trinajstić information content (AvgIpc) is 2.98. The molecule has 1 amide bonds. The molecular formula is C33H35N3O5S. The molecule has 1 saturated heterocycles. The first kappa shape index (κ1) is 29.4. The number of fused-ring (bicyclic) bond motifs is 1. The van der Waals surface area contributed by atoms with Crippen molar-refractivity contribution in [1.82, 2.24) is 9.62 Å². The van der Waals surface area contributed by atoms with Crippen LogP contribution in [0.2, 0.25) is 0 Å². The summed E-state index contributed by atoms with van der Waals surface area (Å²) < 4.78 is 35.9. The van der Waals surface area contributed by atoms with Crippen LogP contribution in [0.3, 0.4) is 0 Å². The number of sulfonamides is 1. The van der Waals surface area contributed by atoms with Crippen molar-refractivity contribution in [3.8, 4) is 0 Å². The smallest absolute Gasteiger partial charge is 0.311 e. The first-order valence-corrected chi connectivity index (χ1v) is 15.6. The molecule has 2 N–H and O–H groups in total. The maximum absolute atomic E-state index is 13.8. The molecule has 2 unspecified atom stereocenters. The summed E-state index contributed by atoms with van der Waals surface area (Å²) in [7, 11) is -4.04. The summed E-state index contributed by atoms with van der Waals surface area (Å²) in [6, 6.07) is 26.8. The van der Waals surface area contributed by atoms with E-state index in [1.54, 1.807) is 49.4 Å². The molecular weight excluding hydrogens is 550 g/mol. The Morgan fingerprint density at radius 2 is 1.60 bits per heavy atom. The summed E-state index contributed by atoms with van der Waals surface area (Å²) in [6.45, 7) is 5.50. The van der Waals surface area contributed by atoms with Gasteiger partial charge >= 0.3 is 5.97 Å². The molecule has 218 valence electrons. The van der Waals surface area contributed by atoms with Gasteiger partial charge in [0, 0.05) is 47.7 Å². The van der Waals surface area contributed by atoms with Gasteiger partial charge in [-0.15, -0.1) is 0 Å². The quantitative estimate of drug-likeness (QED) is 0.264. The highest BCUT2D eigenvalue weighted by Crippen LogP contribution is 2.31. The Labute approximate surface area is 246 Å². The van der Waals surface area contributed by atoms with Crippen LogP contribution >= 0.6 is 0 Å². The van der Waals surface area contributed by atoms with Gasteiger partial charge in [-0.3, -0.25) is 14.5 Å². The fraction of sp³-hybridized carbons (Fsp3) is 0.273. The number of piperidine rings is 1. The first-order valence-electron chi connectivity index (χ1n) is 14.1. The summed E-state index contributed by atoms with van der Waals surface area (Å²) in [4.78, 5) is 28.3. The maximum Gasteiger partial charge on any atom is 0.311 e. The molecule has 4 aromatic carbocycles. The standard InChI is InChI=1S/C33H35N3O5S/c1-3-41-33(38)28-22-36(21-24-12-5-4-6-13-24)20-19-30(28)35-42(39,40)31-18-17-29(26-15-9-10-16-27(26)31)34-32(37)25-14-8-7-11-23(25)2/h4-18,28,30,35H,3,19-22H2,1-2H3,(H,34,37). The molecule has 8 nitrogen and oxygen atoms in total. The molecule has 5 rings (SSSR count). The van der Waals surface area contributed by atoms with Crippen molar-refractivity contribution in [3.05, 3.63) is 108 Å². The normalized spacial score (nSPS) is 17.6. The van der Waals surface area contributed by atoms with E-state index in [-0.39, 0.29) is 17.4 Å². The first-order chi connectivity index (χ1) is 20.3. The minimum absolute atomic E-state index is 0.0846. The lowest BCUT2D eigenvalue weighted by Crippen LogP contribution is -2.53. The third kappa shape index (κ3) is 6.54. The van der Waals surface area contributed by atoms with Gasteiger partial charge in [-0.05, 0) is 49.6 Å². The van der Waals surface area contributed by atoms with E-state index in [0.29, 0.717) is 48.1 Å². The van der Waals surface area contributed by atoms with E-state index in [2.05, 4.69) is 14.9 Å². The Morgan fingerprint density at radius 1 is 0.905 bits per heavy atom. The number of carbonyl (C=O) groups is 2. The molecule has 1 aliphatic heterocycles. The molecule has 0 spiro atoms. The Morgan fingerprint density at radius 3 is 2.33 bits per heavy atom. The number of nitrogens with one attached hydrogen (secondary N) is 2. The Hall–Kier alpha value is -4.05. The van der Waals surface area contributed by atoms with Crippen LogP contribution < -0.4 is 10.0 Å². The van der Waals surface area contributed by atoms with Crippen LogP contribution in [-0.4, -0.2) is 50.9 Å². The maximum atomic E-state index is 13.8. The number of hydrogen-bond donors (Lipinski definition) is 2. The monoisotopic (exact) mass is 585 g/mol. The second-order valence-corrected chi connectivity index (χ2v) is 12.2. The van der Waals surface area contributed by atoms with Crippen LogP contribution in [0.5, 0.6) is 0 Å². The Bertz CT molecular complexity index is 1690. The molecule has 9 heteroatoms. The molecule has 0 bridgehead atoms. The summed E-state index contributed by atoms with van der Waals surface area (Å²) in [6.07, 6.45) is 0.456. The van der Waals surface area contributed by atoms with Crippen molar-refractivity contribution < 1.29 is 22.7 Å². The molecule has 1 fully saturated rings. The lowest BCUT2D eigenvalue weighted by Gasteiger charge is -2.37. The van der Waals surface area contributed by atoms with Gasteiger partial charge in [-0.2, -0.15) is 0 Å². The number of esters is 1. The number of rotatable bonds is 9. The summed E-state index contributed by atoms with van der Waals surface area (Å²) in [5.41, 5.74) is 3.02. The van der Waals surface area contributed by atoms with Crippen LogP contribution in [-0.2, 0) is 26.1 Å². The minimum Gasteiger partial charge on any atom is -0.466 e. The van der Waals surface area contributed by atoms with E-state index in [0.717, 1.165) is 11.1 Å². The number of likely N-dealkylation sites (tertiary alicyclic amines) is 1. The predicted molar refractivity (Wildman–Crippen MR) is 164 cm³/mol. The van der Waals surface area contributed by atoms with Gasteiger partial charge in [-0.1, -0.05) is 72.8 Å². The highest BCUT2D eigenvalue weighted by molar-refractivity contribution is 7.89. The van der Waals surface area contributed by atoms with Crippen LogP contribution in [0, 0.1) is 12.8 Å². The van der Waals surface area contributed by atoms with E-state index < -0.39 is 28.0 Å². The van der Waals surface area contributed by atoms with E-state index in [4.69, 9.17) is 4.74 Å². The van der Waals surface area contributed by atoms with Gasteiger partial charge in [0.05, 0.1) is 17.4 Å². The number of amides is 1. The molecule has 4 aromatic rings. The third-order valence-electron chi connectivity index (χ3n) is 7.65. The SMILES string of the molecule is CCOC(=O)C1CN(Cc2ccccc2)CCC1NS(=O)(=O)c1ccc(NC(=O)c2ccccc2C)c2ccccc12. The summed E-state index contributed by atoms with van der Waals surface area (Å²) in [5.74, 6) is -1.34. The van der Waals surface area contributed by atoms with E-state index in [1.165, 1.54) is 6.07 Å². The van der Waals surface area contributed by atoms with E-state index >= 15 is 0 Å². The zero-order chi connectivity index (χ0) is 29.7. The van der Waals surface area contributed by atoms with Crippen molar-refractivity contribution >= 4 is 38.4 Å². The van der Waals surface area contributed by atoms with Crippen LogP contribution in [0.1, 0.15) is 34.8 Å². The minimum atomic E-state index is -4.04.